The Labute approximate surface area is 106 Å². The van der Waals surface area contributed by atoms with Crippen molar-refractivity contribution in [1.29, 1.82) is 5.26 Å². The van der Waals surface area contributed by atoms with E-state index in [0.717, 1.165) is 6.42 Å². The third-order valence-corrected chi connectivity index (χ3v) is 2.92. The third-order valence-electron chi connectivity index (χ3n) is 2.92. The Morgan fingerprint density at radius 1 is 1.12 bits per heavy atom. The second-order valence-electron chi connectivity index (χ2n) is 4.62. The van der Waals surface area contributed by atoms with Crippen LogP contribution in [0.15, 0.2) is 0 Å². The van der Waals surface area contributed by atoms with Crippen LogP contribution in [0.4, 0.5) is 0 Å². The monoisotopic (exact) mass is 238 g/mol. The summed E-state index contributed by atoms with van der Waals surface area (Å²) in [5.41, 5.74) is 0. The summed E-state index contributed by atoms with van der Waals surface area (Å²) in [4.78, 5) is 11.2. The Balaban J connectivity index is 3.19. The Hall–Kier alpha value is -1.04. The van der Waals surface area contributed by atoms with Crippen molar-refractivity contribution in [1.82, 2.24) is 5.32 Å². The molecule has 0 spiro atoms. The molecule has 3 heteroatoms. The molecule has 0 aliphatic heterocycles. The van der Waals surface area contributed by atoms with E-state index in [2.05, 4.69) is 12.2 Å². The first-order valence-corrected chi connectivity index (χ1v) is 6.89. The molecule has 0 saturated carbocycles. The number of hydrogen-bond donors (Lipinski definition) is 1. The molecule has 0 aliphatic carbocycles. The number of nitriles is 1. The highest BCUT2D eigenvalue weighted by atomic mass is 16.1. The Kier molecular flexibility index (Phi) is 10.7. The zero-order chi connectivity index (χ0) is 12.9. The van der Waals surface area contributed by atoms with Crippen LogP contribution in [0.5, 0.6) is 0 Å². The average molecular weight is 238 g/mol. The highest BCUT2D eigenvalue weighted by Gasteiger charge is 2.09. The molecule has 0 saturated heterocycles. The van der Waals surface area contributed by atoms with E-state index >= 15 is 0 Å². The predicted molar refractivity (Wildman–Crippen MR) is 70.4 cm³/mol. The maximum Gasteiger partial charge on any atom is 0.237 e. The number of unbranched alkanes of at least 4 members (excludes halogenated alkanes) is 7. The molecule has 98 valence electrons. The molecule has 0 heterocycles. The van der Waals surface area contributed by atoms with Crippen LogP contribution < -0.4 is 5.32 Å². The number of carbonyl (C=O) groups excluding carboxylic acids is 1. The first kappa shape index (κ1) is 16.0. The van der Waals surface area contributed by atoms with Gasteiger partial charge in [0, 0.05) is 6.54 Å². The van der Waals surface area contributed by atoms with Crippen LogP contribution in [-0.4, -0.2) is 12.5 Å². The molecule has 0 aromatic rings. The molecule has 0 bridgehead atoms. The molecule has 0 fully saturated rings. The molecule has 1 atom stereocenters. The third kappa shape index (κ3) is 9.86. The maximum atomic E-state index is 11.2. The van der Waals surface area contributed by atoms with Gasteiger partial charge in [-0.2, -0.15) is 5.26 Å². The summed E-state index contributed by atoms with van der Waals surface area (Å²) in [6.07, 6.45) is 10.1. The summed E-state index contributed by atoms with van der Waals surface area (Å²) in [5, 5.41) is 11.3. The fourth-order valence-corrected chi connectivity index (χ4v) is 1.68. The largest absolute Gasteiger partial charge is 0.355 e. The molecule has 0 aromatic carbocycles. The van der Waals surface area contributed by atoms with Crippen LogP contribution in [0.3, 0.4) is 0 Å². The SMILES string of the molecule is CCCCCCCCCCNC(=O)C(C)C#N. The molecular weight excluding hydrogens is 212 g/mol. The van der Waals surface area contributed by atoms with E-state index in [-0.39, 0.29) is 5.91 Å². The molecule has 17 heavy (non-hydrogen) atoms. The molecule has 1 N–H and O–H groups in total. The maximum absolute atomic E-state index is 11.2. The van der Waals surface area contributed by atoms with E-state index in [1.54, 1.807) is 6.92 Å². The van der Waals surface area contributed by atoms with Crippen LogP contribution >= 0.6 is 0 Å². The highest BCUT2D eigenvalue weighted by molar-refractivity contribution is 5.80. The molecule has 0 aromatic heterocycles. The van der Waals surface area contributed by atoms with Crippen molar-refractivity contribution in [2.45, 2.75) is 65.2 Å². The Bertz CT molecular complexity index is 233. The minimum absolute atomic E-state index is 0.143. The van der Waals surface area contributed by atoms with E-state index in [4.69, 9.17) is 5.26 Å². The fourth-order valence-electron chi connectivity index (χ4n) is 1.68. The van der Waals surface area contributed by atoms with E-state index in [9.17, 15) is 4.79 Å². The van der Waals surface area contributed by atoms with Gasteiger partial charge in [0.2, 0.25) is 5.91 Å². The van der Waals surface area contributed by atoms with Crippen molar-refractivity contribution in [3.8, 4) is 6.07 Å². The number of rotatable bonds is 10. The number of hydrogen-bond acceptors (Lipinski definition) is 2. The van der Waals surface area contributed by atoms with Gasteiger partial charge in [-0.15, -0.1) is 0 Å². The molecule has 3 nitrogen and oxygen atoms in total. The first-order chi connectivity index (χ1) is 8.22. The topological polar surface area (TPSA) is 52.9 Å². The molecule has 0 aliphatic rings. The van der Waals surface area contributed by atoms with Gasteiger partial charge in [-0.1, -0.05) is 51.9 Å². The normalized spacial score (nSPS) is 11.8. The standard InChI is InChI=1S/C14H26N2O/c1-3-4-5-6-7-8-9-10-11-16-14(17)13(2)12-15/h13H,3-11H2,1-2H3,(H,16,17). The molecule has 0 radical (unpaired) electrons. The lowest BCUT2D eigenvalue weighted by Crippen LogP contribution is -2.29. The van der Waals surface area contributed by atoms with Crippen LogP contribution in [0.1, 0.15) is 65.2 Å². The van der Waals surface area contributed by atoms with E-state index in [1.807, 2.05) is 6.07 Å². The van der Waals surface area contributed by atoms with Crippen molar-refractivity contribution in [2.75, 3.05) is 6.54 Å². The second-order valence-corrected chi connectivity index (χ2v) is 4.62. The van der Waals surface area contributed by atoms with Gasteiger partial charge in [0.15, 0.2) is 0 Å². The van der Waals surface area contributed by atoms with Crippen LogP contribution in [-0.2, 0) is 4.79 Å². The van der Waals surface area contributed by atoms with E-state index in [0.29, 0.717) is 6.54 Å². The van der Waals surface area contributed by atoms with Gasteiger partial charge in [0.25, 0.3) is 0 Å². The van der Waals surface area contributed by atoms with Crippen LogP contribution in [0.2, 0.25) is 0 Å². The summed E-state index contributed by atoms with van der Waals surface area (Å²) in [5.74, 6) is -0.667. The lowest BCUT2D eigenvalue weighted by molar-refractivity contribution is -0.122. The Morgan fingerprint density at radius 2 is 1.65 bits per heavy atom. The van der Waals surface area contributed by atoms with Crippen molar-refractivity contribution < 1.29 is 4.79 Å². The van der Waals surface area contributed by atoms with Crippen molar-refractivity contribution in [3.05, 3.63) is 0 Å². The van der Waals surface area contributed by atoms with Gasteiger partial charge in [0.05, 0.1) is 6.07 Å². The van der Waals surface area contributed by atoms with E-state index in [1.165, 1.54) is 44.9 Å². The summed E-state index contributed by atoms with van der Waals surface area (Å²) in [6.45, 7) is 4.56. The van der Waals surface area contributed by atoms with Gasteiger partial charge < -0.3 is 5.32 Å². The summed E-state index contributed by atoms with van der Waals surface area (Å²) in [6, 6.07) is 1.93. The van der Waals surface area contributed by atoms with E-state index < -0.39 is 5.92 Å². The van der Waals surface area contributed by atoms with Gasteiger partial charge in [-0.3, -0.25) is 4.79 Å². The zero-order valence-corrected chi connectivity index (χ0v) is 11.3. The van der Waals surface area contributed by atoms with Crippen molar-refractivity contribution in [2.24, 2.45) is 5.92 Å². The second kappa shape index (κ2) is 11.4. The minimum Gasteiger partial charge on any atom is -0.355 e. The van der Waals surface area contributed by atoms with Gasteiger partial charge in [-0.05, 0) is 13.3 Å². The molecule has 1 amide bonds. The summed E-state index contributed by atoms with van der Waals surface area (Å²) in [7, 11) is 0. The number of amides is 1. The average Bonchev–Trinajstić information content (AvgIpc) is 2.35. The number of carbonyl (C=O) groups is 1. The zero-order valence-electron chi connectivity index (χ0n) is 11.3. The quantitative estimate of drug-likeness (QED) is 0.593. The smallest absolute Gasteiger partial charge is 0.237 e. The van der Waals surface area contributed by atoms with Crippen molar-refractivity contribution >= 4 is 5.91 Å². The van der Waals surface area contributed by atoms with Gasteiger partial charge >= 0.3 is 0 Å². The summed E-state index contributed by atoms with van der Waals surface area (Å²) >= 11 is 0. The molecular formula is C14H26N2O. The lowest BCUT2D eigenvalue weighted by atomic mass is 10.1. The lowest BCUT2D eigenvalue weighted by Gasteiger charge is -2.05. The van der Waals surface area contributed by atoms with Crippen LogP contribution in [0, 0.1) is 17.2 Å². The predicted octanol–water partition coefficient (Wildman–Crippen LogP) is 3.40. The highest BCUT2D eigenvalue weighted by Crippen LogP contribution is 2.07. The Morgan fingerprint density at radius 3 is 2.18 bits per heavy atom. The molecule has 0 rings (SSSR count). The molecule has 1 unspecified atom stereocenters. The van der Waals surface area contributed by atoms with Gasteiger partial charge in [0.1, 0.15) is 5.92 Å². The van der Waals surface area contributed by atoms with Crippen LogP contribution in [0.25, 0.3) is 0 Å². The fraction of sp³-hybridized carbons (Fsp3) is 0.857. The summed E-state index contributed by atoms with van der Waals surface area (Å²) < 4.78 is 0. The number of nitrogens with one attached hydrogen (secondary N) is 1. The first-order valence-electron chi connectivity index (χ1n) is 6.89. The van der Waals surface area contributed by atoms with Gasteiger partial charge in [-0.25, -0.2) is 0 Å². The number of nitrogens with zero attached hydrogens (tertiary/aromatic N) is 1. The van der Waals surface area contributed by atoms with Crippen molar-refractivity contribution in [3.63, 3.8) is 0 Å². The minimum atomic E-state index is -0.524.